The molecule has 0 aliphatic carbocycles. The van der Waals surface area contributed by atoms with Gasteiger partial charge in [0.1, 0.15) is 0 Å². The predicted molar refractivity (Wildman–Crippen MR) is 22.9 cm³/mol. The van der Waals surface area contributed by atoms with Gasteiger partial charge >= 0.3 is 0 Å². The first kappa shape index (κ1) is 9.41. The van der Waals surface area contributed by atoms with E-state index in [1.165, 1.54) is 0 Å². The van der Waals surface area contributed by atoms with Crippen LogP contribution in [0.1, 0.15) is 0 Å². The Kier molecular flexibility index (Phi) is 16.8. The van der Waals surface area contributed by atoms with Gasteiger partial charge in [-0.25, -0.2) is 0 Å². The second-order valence-corrected chi connectivity index (χ2v) is 0.959. The van der Waals surface area contributed by atoms with Gasteiger partial charge in [-0.3, -0.25) is 0 Å². The van der Waals surface area contributed by atoms with Gasteiger partial charge in [-0.1, -0.05) is 0 Å². The Morgan fingerprint density at radius 2 is 1.80 bits per heavy atom. The summed E-state index contributed by atoms with van der Waals surface area (Å²) in [6.45, 7) is 0.684. The van der Waals surface area contributed by atoms with Crippen LogP contribution in [-0.4, -0.2) is 12.3 Å². The molecule has 37 valence electrons. The molecule has 1 nitrogen and oxygen atoms in total. The quantitative estimate of drug-likeness (QED) is 0.432. The molecule has 0 aliphatic heterocycles. The molecule has 0 aliphatic rings. The van der Waals surface area contributed by atoms with Crippen molar-refractivity contribution in [2.24, 2.45) is 5.73 Å². The maximum Gasteiger partial charge on any atom is 0.00255 e. The van der Waals surface area contributed by atoms with E-state index in [1.54, 1.807) is 0 Å². The average molecular weight is 185 g/mol. The van der Waals surface area contributed by atoms with E-state index >= 15 is 0 Å². The Morgan fingerprint density at radius 3 is 1.80 bits per heavy atom. The van der Waals surface area contributed by atoms with Gasteiger partial charge in [-0.15, -0.1) is 0 Å². The number of rotatable bonds is 1. The van der Waals surface area contributed by atoms with Crippen molar-refractivity contribution in [3.63, 3.8) is 0 Å². The summed E-state index contributed by atoms with van der Waals surface area (Å²) in [5.74, 6) is 0.792. The maximum absolute atomic E-state index is 4.95. The van der Waals surface area contributed by atoms with Crippen LogP contribution in [0.5, 0.6) is 0 Å². The topological polar surface area (TPSA) is 26.0 Å². The van der Waals surface area contributed by atoms with Gasteiger partial charge in [0.2, 0.25) is 0 Å². The summed E-state index contributed by atoms with van der Waals surface area (Å²) in [7, 11) is 0. The van der Waals surface area contributed by atoms with E-state index in [2.05, 4.69) is 12.6 Å². The molecule has 3 heteroatoms. The Labute approximate surface area is 53.2 Å². The minimum absolute atomic E-state index is 0. The first-order valence-electron chi connectivity index (χ1n) is 1.22. The zero-order chi connectivity index (χ0) is 3.41. The molecule has 0 fully saturated rings. The Hall–Kier alpha value is 1.05. The van der Waals surface area contributed by atoms with Crippen molar-refractivity contribution in [2.45, 2.75) is 0 Å². The SMILES string of the molecule is NCCS.[Ag]. The van der Waals surface area contributed by atoms with Gasteiger partial charge in [0.05, 0.1) is 0 Å². The van der Waals surface area contributed by atoms with E-state index in [1.807, 2.05) is 0 Å². The van der Waals surface area contributed by atoms with Gasteiger partial charge in [-0.2, -0.15) is 12.6 Å². The van der Waals surface area contributed by atoms with Crippen molar-refractivity contribution < 1.29 is 22.4 Å². The summed E-state index contributed by atoms with van der Waals surface area (Å²) < 4.78 is 0. The molecule has 0 aromatic carbocycles. The minimum Gasteiger partial charge on any atom is -0.330 e. The fraction of sp³-hybridized carbons (Fsp3) is 1.00. The maximum atomic E-state index is 4.95. The molecule has 0 heterocycles. The second-order valence-electron chi connectivity index (χ2n) is 0.512. The molecule has 0 bridgehead atoms. The van der Waals surface area contributed by atoms with E-state index in [0.717, 1.165) is 5.75 Å². The molecule has 1 radical (unpaired) electrons. The van der Waals surface area contributed by atoms with Crippen LogP contribution in [0.4, 0.5) is 0 Å². The van der Waals surface area contributed by atoms with Gasteiger partial charge in [0.25, 0.3) is 0 Å². The third-order valence-electron chi connectivity index (χ3n) is 0.129. The van der Waals surface area contributed by atoms with E-state index < -0.39 is 0 Å². The summed E-state index contributed by atoms with van der Waals surface area (Å²) in [6, 6.07) is 0. The number of nitrogens with two attached hydrogens (primary N) is 1. The van der Waals surface area contributed by atoms with Gasteiger partial charge < -0.3 is 5.73 Å². The first-order valence-corrected chi connectivity index (χ1v) is 1.86. The van der Waals surface area contributed by atoms with Crippen LogP contribution >= 0.6 is 12.6 Å². The van der Waals surface area contributed by atoms with Crippen molar-refractivity contribution in [1.29, 1.82) is 0 Å². The first-order chi connectivity index (χ1) is 1.91. The molecule has 0 aromatic rings. The van der Waals surface area contributed by atoms with Crippen LogP contribution < -0.4 is 5.73 Å². The summed E-state index contributed by atoms with van der Waals surface area (Å²) in [4.78, 5) is 0. The Bertz CT molecular complexity index is 11.6. The minimum atomic E-state index is 0. The van der Waals surface area contributed by atoms with Crippen LogP contribution in [0.2, 0.25) is 0 Å². The molecule has 0 rings (SSSR count). The predicted octanol–water partition coefficient (Wildman–Crippen LogP) is -0.128. The van der Waals surface area contributed by atoms with Crippen molar-refractivity contribution in [3.05, 3.63) is 0 Å². The van der Waals surface area contributed by atoms with E-state index in [-0.39, 0.29) is 22.4 Å². The third-order valence-corrected chi connectivity index (χ3v) is 0.387. The van der Waals surface area contributed by atoms with E-state index in [9.17, 15) is 0 Å². The van der Waals surface area contributed by atoms with Crippen molar-refractivity contribution in [2.75, 3.05) is 12.3 Å². The molecule has 0 aromatic heterocycles. The molecule has 2 N–H and O–H groups in total. The normalized spacial score (nSPS) is 6.00. The van der Waals surface area contributed by atoms with Crippen molar-refractivity contribution in [1.82, 2.24) is 0 Å². The summed E-state index contributed by atoms with van der Waals surface area (Å²) in [6.07, 6.45) is 0. The molecule has 5 heavy (non-hydrogen) atoms. The van der Waals surface area contributed by atoms with Crippen LogP contribution in [-0.2, 0) is 22.4 Å². The smallest absolute Gasteiger partial charge is 0.00255 e. The Balaban J connectivity index is 0. The molecule has 0 amide bonds. The molecule has 0 saturated heterocycles. The van der Waals surface area contributed by atoms with Gasteiger partial charge in [0, 0.05) is 34.7 Å². The summed E-state index contributed by atoms with van der Waals surface area (Å²) in [5.41, 5.74) is 4.95. The average Bonchev–Trinajstić information content (AvgIpc) is 1.37. The fourth-order valence-corrected chi connectivity index (χ4v) is 0. The molecule has 0 spiro atoms. The third kappa shape index (κ3) is 11.2. The molecular weight excluding hydrogens is 178 g/mol. The monoisotopic (exact) mass is 184 g/mol. The molecule has 0 saturated carbocycles. The van der Waals surface area contributed by atoms with Crippen molar-refractivity contribution >= 4 is 12.6 Å². The second kappa shape index (κ2) is 8.90. The van der Waals surface area contributed by atoms with Crippen LogP contribution in [0.15, 0.2) is 0 Å². The van der Waals surface area contributed by atoms with E-state index in [0.29, 0.717) is 6.54 Å². The van der Waals surface area contributed by atoms with Crippen LogP contribution in [0, 0.1) is 0 Å². The number of thiol groups is 1. The zero-order valence-electron chi connectivity index (χ0n) is 2.74. The van der Waals surface area contributed by atoms with E-state index in [4.69, 9.17) is 5.73 Å². The number of hydrogen-bond donors (Lipinski definition) is 2. The van der Waals surface area contributed by atoms with Gasteiger partial charge in [0.15, 0.2) is 0 Å². The number of hydrogen-bond acceptors (Lipinski definition) is 2. The largest absolute Gasteiger partial charge is 0.330 e. The van der Waals surface area contributed by atoms with Gasteiger partial charge in [-0.05, 0) is 0 Å². The van der Waals surface area contributed by atoms with Crippen LogP contribution in [0.25, 0.3) is 0 Å². The van der Waals surface area contributed by atoms with Crippen molar-refractivity contribution in [3.8, 4) is 0 Å². The zero-order valence-corrected chi connectivity index (χ0v) is 5.12. The summed E-state index contributed by atoms with van der Waals surface area (Å²) >= 11 is 3.80. The van der Waals surface area contributed by atoms with Crippen LogP contribution in [0.3, 0.4) is 0 Å². The fourth-order valence-electron chi connectivity index (χ4n) is 0. The molecule has 0 atom stereocenters. The Morgan fingerprint density at radius 1 is 1.60 bits per heavy atom. The standard InChI is InChI=1S/C2H7NS.Ag/c3-1-2-4;/h4H,1-3H2;. The summed E-state index contributed by atoms with van der Waals surface area (Å²) in [5, 5.41) is 0. The molecular formula is C2H7AgNS. The molecule has 0 unspecified atom stereocenters.